The second kappa shape index (κ2) is 7.81. The van der Waals surface area contributed by atoms with E-state index in [2.05, 4.69) is 6.58 Å². The van der Waals surface area contributed by atoms with Crippen molar-refractivity contribution in [2.45, 2.75) is 25.4 Å². The van der Waals surface area contributed by atoms with Crippen molar-refractivity contribution in [2.24, 2.45) is 0 Å². The molecule has 0 spiro atoms. The zero-order valence-corrected chi connectivity index (χ0v) is 9.45. The van der Waals surface area contributed by atoms with Gasteiger partial charge in [0.1, 0.15) is 0 Å². The Labute approximate surface area is 90.5 Å². The van der Waals surface area contributed by atoms with Crippen molar-refractivity contribution in [3.8, 4) is 0 Å². The largest absolute Gasteiger partial charge is 0.396 e. The summed E-state index contributed by atoms with van der Waals surface area (Å²) in [4.78, 5) is 0. The summed E-state index contributed by atoms with van der Waals surface area (Å²) in [5, 5.41) is 8.72. The molecule has 0 saturated carbocycles. The fraction of sp³-hybridized carbons (Fsp3) is 0.778. The second-order valence-corrected chi connectivity index (χ2v) is 4.76. The van der Waals surface area contributed by atoms with Crippen molar-refractivity contribution < 1.29 is 22.8 Å². The molecule has 0 aromatic carbocycles. The standard InChI is InChI=1S/C9H18O5S/c1-2-7-14-9(5-6-10)4-3-8-15(11,12)13/h2,9-10H,1,3-8H2,(H,11,12,13). The van der Waals surface area contributed by atoms with Gasteiger partial charge in [-0.2, -0.15) is 8.42 Å². The predicted molar refractivity (Wildman–Crippen MR) is 57.3 cm³/mol. The molecule has 0 amide bonds. The first-order valence-electron chi connectivity index (χ1n) is 4.78. The average Bonchev–Trinajstić information content (AvgIpc) is 2.12. The first-order valence-corrected chi connectivity index (χ1v) is 6.39. The quantitative estimate of drug-likeness (QED) is 0.454. The maximum atomic E-state index is 10.4. The Hall–Kier alpha value is -0.430. The summed E-state index contributed by atoms with van der Waals surface area (Å²) in [5.41, 5.74) is 0. The van der Waals surface area contributed by atoms with Gasteiger partial charge in [0.05, 0.1) is 18.5 Å². The lowest BCUT2D eigenvalue weighted by molar-refractivity contribution is 0.0476. The van der Waals surface area contributed by atoms with E-state index in [1.165, 1.54) is 0 Å². The first-order chi connectivity index (χ1) is 6.99. The average molecular weight is 238 g/mol. The molecule has 0 heterocycles. The van der Waals surface area contributed by atoms with Crippen molar-refractivity contribution in [1.82, 2.24) is 0 Å². The third kappa shape index (κ3) is 9.86. The summed E-state index contributed by atoms with van der Waals surface area (Å²) in [6, 6.07) is 0. The molecule has 0 bridgehead atoms. The van der Waals surface area contributed by atoms with E-state index in [0.717, 1.165) is 0 Å². The van der Waals surface area contributed by atoms with Gasteiger partial charge in [-0.3, -0.25) is 4.55 Å². The highest BCUT2D eigenvalue weighted by Gasteiger charge is 2.10. The van der Waals surface area contributed by atoms with Gasteiger partial charge in [0.2, 0.25) is 0 Å². The lowest BCUT2D eigenvalue weighted by atomic mass is 10.1. The molecule has 0 aliphatic heterocycles. The van der Waals surface area contributed by atoms with Crippen molar-refractivity contribution in [2.75, 3.05) is 19.0 Å². The topological polar surface area (TPSA) is 83.8 Å². The third-order valence-electron chi connectivity index (χ3n) is 1.83. The number of hydrogen-bond donors (Lipinski definition) is 2. The fourth-order valence-electron chi connectivity index (χ4n) is 1.15. The van der Waals surface area contributed by atoms with E-state index < -0.39 is 10.1 Å². The van der Waals surface area contributed by atoms with Crippen LogP contribution in [0.2, 0.25) is 0 Å². The summed E-state index contributed by atoms with van der Waals surface area (Å²) < 4.78 is 34.7. The Morgan fingerprint density at radius 2 is 2.07 bits per heavy atom. The van der Waals surface area contributed by atoms with Crippen molar-refractivity contribution in [3.05, 3.63) is 12.7 Å². The van der Waals surface area contributed by atoms with Crippen LogP contribution in [0, 0.1) is 0 Å². The van der Waals surface area contributed by atoms with Gasteiger partial charge in [0.25, 0.3) is 10.1 Å². The maximum absolute atomic E-state index is 10.4. The number of rotatable bonds is 9. The molecule has 90 valence electrons. The van der Waals surface area contributed by atoms with Crippen LogP contribution in [0.4, 0.5) is 0 Å². The number of aliphatic hydroxyl groups is 1. The Kier molecular flexibility index (Phi) is 7.59. The van der Waals surface area contributed by atoms with E-state index in [1.807, 2.05) is 0 Å². The van der Waals surface area contributed by atoms with Crippen molar-refractivity contribution >= 4 is 10.1 Å². The van der Waals surface area contributed by atoms with Gasteiger partial charge in [0, 0.05) is 6.61 Å². The summed E-state index contributed by atoms with van der Waals surface area (Å²) in [6.07, 6.45) is 2.68. The molecule has 6 heteroatoms. The molecule has 0 rings (SSSR count). The molecule has 15 heavy (non-hydrogen) atoms. The van der Waals surface area contributed by atoms with Gasteiger partial charge < -0.3 is 9.84 Å². The smallest absolute Gasteiger partial charge is 0.264 e. The summed E-state index contributed by atoms with van der Waals surface area (Å²) in [7, 11) is -3.89. The van der Waals surface area contributed by atoms with E-state index in [-0.39, 0.29) is 18.5 Å². The van der Waals surface area contributed by atoms with Gasteiger partial charge in [-0.05, 0) is 19.3 Å². The lowest BCUT2D eigenvalue weighted by Gasteiger charge is -2.15. The van der Waals surface area contributed by atoms with Gasteiger partial charge in [-0.15, -0.1) is 6.58 Å². The SMILES string of the molecule is C=CCOC(CCO)CCCS(=O)(=O)O. The van der Waals surface area contributed by atoms with Crippen LogP contribution in [0.5, 0.6) is 0 Å². The van der Waals surface area contributed by atoms with Crippen molar-refractivity contribution in [3.63, 3.8) is 0 Å². The molecule has 0 aliphatic carbocycles. The number of hydrogen-bond acceptors (Lipinski definition) is 4. The molecule has 0 aromatic heterocycles. The van der Waals surface area contributed by atoms with E-state index in [1.54, 1.807) is 6.08 Å². The van der Waals surface area contributed by atoms with E-state index in [0.29, 0.717) is 25.9 Å². The van der Waals surface area contributed by atoms with Crippen LogP contribution in [-0.4, -0.2) is 43.1 Å². The molecule has 0 radical (unpaired) electrons. The summed E-state index contributed by atoms with van der Waals surface area (Å²) >= 11 is 0. The molecular weight excluding hydrogens is 220 g/mol. The molecule has 0 aromatic rings. The zero-order valence-electron chi connectivity index (χ0n) is 8.63. The summed E-state index contributed by atoms with van der Waals surface area (Å²) in [5.74, 6) is -0.271. The Morgan fingerprint density at radius 1 is 1.40 bits per heavy atom. The zero-order chi connectivity index (χ0) is 11.7. The first kappa shape index (κ1) is 14.6. The molecule has 0 fully saturated rings. The molecule has 1 atom stereocenters. The van der Waals surface area contributed by atoms with Crippen LogP contribution in [0.3, 0.4) is 0 Å². The molecule has 0 aliphatic rings. The minimum atomic E-state index is -3.89. The van der Waals surface area contributed by atoms with Crippen LogP contribution < -0.4 is 0 Å². The Bertz CT molecular complexity index is 260. The van der Waals surface area contributed by atoms with Crippen molar-refractivity contribution in [1.29, 1.82) is 0 Å². The molecule has 5 nitrogen and oxygen atoms in total. The highest BCUT2D eigenvalue weighted by atomic mass is 32.2. The number of aliphatic hydroxyl groups excluding tert-OH is 1. The van der Waals surface area contributed by atoms with Gasteiger partial charge >= 0.3 is 0 Å². The van der Waals surface area contributed by atoms with Crippen LogP contribution in [0.1, 0.15) is 19.3 Å². The van der Waals surface area contributed by atoms with Gasteiger partial charge in [-0.1, -0.05) is 6.08 Å². The van der Waals surface area contributed by atoms with E-state index >= 15 is 0 Å². The molecule has 1 unspecified atom stereocenters. The second-order valence-electron chi connectivity index (χ2n) is 3.18. The van der Waals surface area contributed by atoms with Crippen LogP contribution in [0.15, 0.2) is 12.7 Å². The monoisotopic (exact) mass is 238 g/mol. The minimum absolute atomic E-state index is 0.00627. The Morgan fingerprint density at radius 3 is 2.53 bits per heavy atom. The highest BCUT2D eigenvalue weighted by Crippen LogP contribution is 2.07. The molecule has 2 N–H and O–H groups in total. The van der Waals surface area contributed by atoms with Gasteiger partial charge in [0.15, 0.2) is 0 Å². The predicted octanol–water partition coefficient (Wildman–Crippen LogP) is 0.608. The normalized spacial score (nSPS) is 13.7. The highest BCUT2D eigenvalue weighted by molar-refractivity contribution is 7.85. The maximum Gasteiger partial charge on any atom is 0.264 e. The molecule has 0 saturated heterocycles. The van der Waals surface area contributed by atoms with Crippen LogP contribution >= 0.6 is 0 Å². The number of ether oxygens (including phenoxy) is 1. The Balaban J connectivity index is 3.79. The molecular formula is C9H18O5S. The van der Waals surface area contributed by atoms with E-state index in [9.17, 15) is 8.42 Å². The van der Waals surface area contributed by atoms with Crippen LogP contribution in [-0.2, 0) is 14.9 Å². The summed E-state index contributed by atoms with van der Waals surface area (Å²) in [6.45, 7) is 3.85. The van der Waals surface area contributed by atoms with E-state index in [4.69, 9.17) is 14.4 Å². The lowest BCUT2D eigenvalue weighted by Crippen LogP contribution is -2.16. The van der Waals surface area contributed by atoms with Gasteiger partial charge in [-0.25, -0.2) is 0 Å². The third-order valence-corrected chi connectivity index (χ3v) is 2.63. The minimum Gasteiger partial charge on any atom is -0.396 e. The fourth-order valence-corrected chi connectivity index (χ4v) is 1.68. The van der Waals surface area contributed by atoms with Crippen LogP contribution in [0.25, 0.3) is 0 Å².